The van der Waals surface area contributed by atoms with Gasteiger partial charge in [-0.3, -0.25) is 4.79 Å². The van der Waals surface area contributed by atoms with Crippen molar-refractivity contribution in [2.45, 2.75) is 20.5 Å². The van der Waals surface area contributed by atoms with Gasteiger partial charge in [0.1, 0.15) is 17.9 Å². The van der Waals surface area contributed by atoms with Crippen molar-refractivity contribution in [1.82, 2.24) is 5.32 Å². The molecular weight excluding hydrogens is 330 g/mol. The molecule has 0 aliphatic heterocycles. The summed E-state index contributed by atoms with van der Waals surface area (Å²) < 4.78 is 16.9. The zero-order valence-corrected chi connectivity index (χ0v) is 15.1. The molecule has 2 aromatic carbocycles. The quantitative estimate of drug-likeness (QED) is 0.620. The highest BCUT2D eigenvalue weighted by molar-refractivity contribution is 5.99. The van der Waals surface area contributed by atoms with Crippen LogP contribution in [-0.4, -0.2) is 25.7 Å². The first-order chi connectivity index (χ1) is 12.7. The van der Waals surface area contributed by atoms with Crippen molar-refractivity contribution >= 4 is 16.9 Å². The molecule has 0 unspecified atom stereocenters. The predicted octanol–water partition coefficient (Wildman–Crippen LogP) is 4.09. The number of carbonyl (C=O) groups is 1. The van der Waals surface area contributed by atoms with E-state index in [1.54, 1.807) is 0 Å². The Morgan fingerprint density at radius 2 is 1.88 bits per heavy atom. The van der Waals surface area contributed by atoms with E-state index in [4.69, 9.17) is 13.9 Å². The summed E-state index contributed by atoms with van der Waals surface area (Å²) in [4.78, 5) is 12.5. The molecule has 26 heavy (non-hydrogen) atoms. The van der Waals surface area contributed by atoms with Crippen LogP contribution in [0.25, 0.3) is 11.0 Å². The molecule has 0 radical (unpaired) electrons. The van der Waals surface area contributed by atoms with Gasteiger partial charge in [0.05, 0.1) is 13.2 Å². The number of fused-ring (bicyclic) bond motifs is 1. The molecule has 5 heteroatoms. The molecule has 136 valence electrons. The van der Waals surface area contributed by atoms with E-state index in [-0.39, 0.29) is 5.91 Å². The smallest absolute Gasteiger partial charge is 0.287 e. The van der Waals surface area contributed by atoms with Gasteiger partial charge in [0.15, 0.2) is 5.76 Å². The molecule has 0 bridgehead atoms. The molecule has 0 spiro atoms. The van der Waals surface area contributed by atoms with Crippen LogP contribution in [-0.2, 0) is 11.3 Å². The summed E-state index contributed by atoms with van der Waals surface area (Å²) in [5.74, 6) is 0.823. The van der Waals surface area contributed by atoms with E-state index in [9.17, 15) is 4.79 Å². The van der Waals surface area contributed by atoms with Gasteiger partial charge in [-0.2, -0.15) is 0 Å². The number of carbonyl (C=O) groups excluding carboxylic acids is 1. The number of aryl methyl sites for hydroxylation is 1. The van der Waals surface area contributed by atoms with Crippen LogP contribution < -0.4 is 10.1 Å². The number of nitrogens with one attached hydrogen (secondary N) is 1. The van der Waals surface area contributed by atoms with Gasteiger partial charge in [-0.15, -0.1) is 0 Å². The van der Waals surface area contributed by atoms with Crippen LogP contribution in [0.1, 0.15) is 28.6 Å². The van der Waals surface area contributed by atoms with Gasteiger partial charge in [-0.1, -0.05) is 35.9 Å². The average Bonchev–Trinajstić information content (AvgIpc) is 3.03. The first-order valence-electron chi connectivity index (χ1n) is 8.75. The minimum atomic E-state index is -0.261. The lowest BCUT2D eigenvalue weighted by Gasteiger charge is -2.08. The Morgan fingerprint density at radius 3 is 2.65 bits per heavy atom. The van der Waals surface area contributed by atoms with Crippen LogP contribution in [0.4, 0.5) is 0 Å². The summed E-state index contributed by atoms with van der Waals surface area (Å²) in [6.07, 6.45) is 0. The van der Waals surface area contributed by atoms with Crippen molar-refractivity contribution in [2.75, 3.05) is 19.8 Å². The van der Waals surface area contributed by atoms with E-state index < -0.39 is 0 Å². The summed E-state index contributed by atoms with van der Waals surface area (Å²) in [6.45, 7) is 5.64. The molecule has 0 aliphatic carbocycles. The standard InChI is InChI=1S/C21H23NO4/c1-3-24-14-18-17-6-4-5-7-19(17)26-20(18)21(23)22-12-13-25-16-10-8-15(2)9-11-16/h4-11H,3,12-14H2,1-2H3,(H,22,23). The lowest BCUT2D eigenvalue weighted by Crippen LogP contribution is -2.28. The van der Waals surface area contributed by atoms with E-state index in [1.165, 1.54) is 5.56 Å². The number of benzene rings is 2. The fourth-order valence-corrected chi connectivity index (χ4v) is 2.68. The summed E-state index contributed by atoms with van der Waals surface area (Å²) in [5.41, 5.74) is 2.64. The van der Waals surface area contributed by atoms with E-state index in [0.29, 0.717) is 37.7 Å². The highest BCUT2D eigenvalue weighted by Gasteiger charge is 2.20. The molecule has 1 aromatic heterocycles. The van der Waals surface area contributed by atoms with E-state index in [1.807, 2.05) is 62.4 Å². The third-order valence-corrected chi connectivity index (χ3v) is 4.03. The number of hydrogen-bond donors (Lipinski definition) is 1. The second-order valence-electron chi connectivity index (χ2n) is 5.96. The molecule has 0 aliphatic rings. The predicted molar refractivity (Wildman–Crippen MR) is 101 cm³/mol. The Labute approximate surface area is 152 Å². The molecule has 0 fully saturated rings. The van der Waals surface area contributed by atoms with Crippen LogP contribution in [0.15, 0.2) is 52.9 Å². The van der Waals surface area contributed by atoms with Gasteiger partial charge in [-0.25, -0.2) is 0 Å². The second-order valence-corrected chi connectivity index (χ2v) is 5.96. The number of hydrogen-bond acceptors (Lipinski definition) is 4. The topological polar surface area (TPSA) is 60.7 Å². The van der Waals surface area contributed by atoms with Crippen molar-refractivity contribution in [3.8, 4) is 5.75 Å². The van der Waals surface area contributed by atoms with Crippen LogP contribution in [0.2, 0.25) is 0 Å². The molecule has 5 nitrogen and oxygen atoms in total. The first-order valence-corrected chi connectivity index (χ1v) is 8.75. The molecule has 3 aromatic rings. The van der Waals surface area contributed by atoms with Crippen LogP contribution in [0.3, 0.4) is 0 Å². The van der Waals surface area contributed by atoms with Crippen LogP contribution >= 0.6 is 0 Å². The Bertz CT molecular complexity index is 867. The number of amides is 1. The molecule has 1 heterocycles. The first kappa shape index (κ1) is 18.0. The van der Waals surface area contributed by atoms with Crippen LogP contribution in [0, 0.1) is 6.92 Å². The number of para-hydroxylation sites is 1. The van der Waals surface area contributed by atoms with Gasteiger partial charge in [-0.05, 0) is 32.0 Å². The Hall–Kier alpha value is -2.79. The Balaban J connectivity index is 1.62. The van der Waals surface area contributed by atoms with E-state index in [0.717, 1.165) is 16.7 Å². The van der Waals surface area contributed by atoms with E-state index >= 15 is 0 Å². The van der Waals surface area contributed by atoms with Crippen molar-refractivity contribution in [3.63, 3.8) is 0 Å². The zero-order chi connectivity index (χ0) is 18.4. The fourth-order valence-electron chi connectivity index (χ4n) is 2.68. The third kappa shape index (κ3) is 4.24. The van der Waals surface area contributed by atoms with Gasteiger partial charge in [0, 0.05) is 17.6 Å². The molecule has 1 N–H and O–H groups in total. The number of rotatable bonds is 8. The fraction of sp³-hybridized carbons (Fsp3) is 0.286. The minimum absolute atomic E-state index is 0.261. The SMILES string of the molecule is CCOCc1c(C(=O)NCCOc2ccc(C)cc2)oc2ccccc12. The van der Waals surface area contributed by atoms with Crippen molar-refractivity contribution < 1.29 is 18.7 Å². The Morgan fingerprint density at radius 1 is 1.12 bits per heavy atom. The minimum Gasteiger partial charge on any atom is -0.492 e. The molecule has 0 saturated heterocycles. The maximum Gasteiger partial charge on any atom is 0.287 e. The van der Waals surface area contributed by atoms with Crippen LogP contribution in [0.5, 0.6) is 5.75 Å². The number of ether oxygens (including phenoxy) is 2. The molecular formula is C21H23NO4. The van der Waals surface area contributed by atoms with Gasteiger partial charge in [0.2, 0.25) is 0 Å². The molecule has 0 saturated carbocycles. The maximum absolute atomic E-state index is 12.5. The monoisotopic (exact) mass is 353 g/mol. The summed E-state index contributed by atoms with van der Waals surface area (Å²) in [6, 6.07) is 15.4. The van der Waals surface area contributed by atoms with Gasteiger partial charge < -0.3 is 19.2 Å². The normalized spacial score (nSPS) is 10.8. The van der Waals surface area contributed by atoms with Crippen molar-refractivity contribution in [1.29, 1.82) is 0 Å². The van der Waals surface area contributed by atoms with Gasteiger partial charge >= 0.3 is 0 Å². The highest BCUT2D eigenvalue weighted by Crippen LogP contribution is 2.26. The molecule has 3 rings (SSSR count). The molecule has 1 amide bonds. The van der Waals surface area contributed by atoms with Gasteiger partial charge in [0.25, 0.3) is 5.91 Å². The Kier molecular flexibility index (Phi) is 5.92. The lowest BCUT2D eigenvalue weighted by molar-refractivity contribution is 0.0908. The lowest BCUT2D eigenvalue weighted by atomic mass is 10.1. The second kappa shape index (κ2) is 8.54. The molecule has 0 atom stereocenters. The largest absolute Gasteiger partial charge is 0.492 e. The van der Waals surface area contributed by atoms with Crippen molar-refractivity contribution in [3.05, 3.63) is 65.4 Å². The van der Waals surface area contributed by atoms with Crippen molar-refractivity contribution in [2.24, 2.45) is 0 Å². The third-order valence-electron chi connectivity index (χ3n) is 4.03. The maximum atomic E-state index is 12.5. The highest BCUT2D eigenvalue weighted by atomic mass is 16.5. The average molecular weight is 353 g/mol. The van der Waals surface area contributed by atoms with E-state index in [2.05, 4.69) is 5.32 Å². The summed E-state index contributed by atoms with van der Waals surface area (Å²) >= 11 is 0. The summed E-state index contributed by atoms with van der Waals surface area (Å²) in [7, 11) is 0. The number of furan rings is 1. The zero-order valence-electron chi connectivity index (χ0n) is 15.1. The summed E-state index contributed by atoms with van der Waals surface area (Å²) in [5, 5.41) is 3.75.